The Balaban J connectivity index is 1.39. The van der Waals surface area contributed by atoms with Crippen molar-refractivity contribution < 1.29 is 9.53 Å². The molecule has 2 aromatic carbocycles. The molecule has 168 valence electrons. The summed E-state index contributed by atoms with van der Waals surface area (Å²) in [7, 11) is 1.86. The molecule has 4 rings (SSSR count). The SMILES string of the molecule is Cc1ccc(CNC(=O)c2cccc(C(C)Oc3ccnc(Nc4cnn(C)c4)c3)c2)cc1. The maximum atomic E-state index is 12.7. The first kappa shape index (κ1) is 22.1. The van der Waals surface area contributed by atoms with Gasteiger partial charge in [-0.2, -0.15) is 5.10 Å². The van der Waals surface area contributed by atoms with Crippen LogP contribution in [0.3, 0.4) is 0 Å². The number of nitrogens with one attached hydrogen (secondary N) is 2. The standard InChI is InChI=1S/C26H27N5O2/c1-18-7-9-20(10-8-18)15-28-26(32)22-6-4-5-21(13-22)19(2)33-24-11-12-27-25(14-24)30-23-16-29-31(3)17-23/h4-14,16-17,19H,15H2,1-3H3,(H,27,30)(H,28,32). The Hall–Kier alpha value is -4.13. The molecule has 2 N–H and O–H groups in total. The molecule has 1 amide bonds. The lowest BCUT2D eigenvalue weighted by Gasteiger charge is -2.16. The van der Waals surface area contributed by atoms with Gasteiger partial charge in [0, 0.05) is 37.6 Å². The molecule has 0 aliphatic carbocycles. The third kappa shape index (κ3) is 5.98. The average Bonchev–Trinajstić information content (AvgIpc) is 3.23. The summed E-state index contributed by atoms with van der Waals surface area (Å²) < 4.78 is 7.84. The summed E-state index contributed by atoms with van der Waals surface area (Å²) in [5.74, 6) is 1.23. The van der Waals surface area contributed by atoms with Crippen LogP contribution >= 0.6 is 0 Å². The van der Waals surface area contributed by atoms with Gasteiger partial charge < -0.3 is 15.4 Å². The van der Waals surface area contributed by atoms with E-state index in [1.807, 2.05) is 87.8 Å². The third-order valence-corrected chi connectivity index (χ3v) is 5.21. The lowest BCUT2D eigenvalue weighted by Crippen LogP contribution is -2.23. The molecule has 0 fully saturated rings. The topological polar surface area (TPSA) is 81.1 Å². The van der Waals surface area contributed by atoms with Gasteiger partial charge in [0.25, 0.3) is 5.91 Å². The van der Waals surface area contributed by atoms with Crippen molar-refractivity contribution in [1.29, 1.82) is 0 Å². The molecule has 0 saturated carbocycles. The number of amides is 1. The van der Waals surface area contributed by atoms with Crippen LogP contribution in [0.15, 0.2) is 79.3 Å². The van der Waals surface area contributed by atoms with Crippen LogP contribution in [0, 0.1) is 6.92 Å². The number of aromatic nitrogens is 3. The number of ether oxygens (including phenoxy) is 1. The van der Waals surface area contributed by atoms with E-state index in [0.717, 1.165) is 16.8 Å². The van der Waals surface area contributed by atoms with Crippen molar-refractivity contribution >= 4 is 17.4 Å². The number of rotatable bonds is 8. The highest BCUT2D eigenvalue weighted by atomic mass is 16.5. The Labute approximate surface area is 193 Å². The molecular formula is C26H27N5O2. The van der Waals surface area contributed by atoms with Crippen molar-refractivity contribution in [2.75, 3.05) is 5.32 Å². The minimum atomic E-state index is -0.247. The largest absolute Gasteiger partial charge is 0.486 e. The predicted octanol–water partition coefficient (Wildman–Crippen LogP) is 4.94. The molecule has 0 saturated heterocycles. The van der Waals surface area contributed by atoms with Crippen LogP contribution in [0.2, 0.25) is 0 Å². The van der Waals surface area contributed by atoms with Crippen LogP contribution in [0.25, 0.3) is 0 Å². The summed E-state index contributed by atoms with van der Waals surface area (Å²) in [4.78, 5) is 17.0. The van der Waals surface area contributed by atoms with E-state index in [9.17, 15) is 4.79 Å². The maximum absolute atomic E-state index is 12.7. The van der Waals surface area contributed by atoms with Crippen LogP contribution in [-0.2, 0) is 13.6 Å². The Bertz CT molecular complexity index is 1230. The Morgan fingerprint density at radius 3 is 2.70 bits per heavy atom. The van der Waals surface area contributed by atoms with Crippen molar-refractivity contribution in [3.8, 4) is 5.75 Å². The molecule has 33 heavy (non-hydrogen) atoms. The maximum Gasteiger partial charge on any atom is 0.251 e. The van der Waals surface area contributed by atoms with Gasteiger partial charge in [-0.05, 0) is 43.2 Å². The van der Waals surface area contributed by atoms with Gasteiger partial charge in [-0.3, -0.25) is 9.48 Å². The second kappa shape index (κ2) is 9.99. The quantitative estimate of drug-likeness (QED) is 0.405. The van der Waals surface area contributed by atoms with E-state index in [4.69, 9.17) is 4.74 Å². The van der Waals surface area contributed by atoms with Crippen LogP contribution < -0.4 is 15.4 Å². The Morgan fingerprint density at radius 2 is 1.94 bits per heavy atom. The second-order valence-electron chi connectivity index (χ2n) is 7.96. The fourth-order valence-electron chi connectivity index (χ4n) is 3.38. The van der Waals surface area contributed by atoms with Gasteiger partial charge in [-0.25, -0.2) is 4.98 Å². The van der Waals surface area contributed by atoms with Crippen LogP contribution in [0.5, 0.6) is 5.75 Å². The fraction of sp³-hybridized carbons (Fsp3) is 0.192. The molecule has 0 spiro atoms. The first-order valence-corrected chi connectivity index (χ1v) is 10.8. The van der Waals surface area contributed by atoms with Gasteiger partial charge in [0.1, 0.15) is 17.7 Å². The van der Waals surface area contributed by atoms with Crippen molar-refractivity contribution in [1.82, 2.24) is 20.1 Å². The third-order valence-electron chi connectivity index (χ3n) is 5.21. The first-order valence-electron chi connectivity index (χ1n) is 10.8. The summed E-state index contributed by atoms with van der Waals surface area (Å²) in [5, 5.41) is 10.3. The van der Waals surface area contributed by atoms with Crippen molar-refractivity contribution in [2.24, 2.45) is 7.05 Å². The normalized spacial score (nSPS) is 11.6. The van der Waals surface area contributed by atoms with E-state index in [2.05, 4.69) is 20.7 Å². The van der Waals surface area contributed by atoms with Gasteiger partial charge in [0.15, 0.2) is 0 Å². The van der Waals surface area contributed by atoms with E-state index >= 15 is 0 Å². The van der Waals surface area contributed by atoms with Crippen LogP contribution in [0.4, 0.5) is 11.5 Å². The molecule has 2 aromatic heterocycles. The lowest BCUT2D eigenvalue weighted by atomic mass is 10.1. The molecule has 7 heteroatoms. The number of carbonyl (C=O) groups excluding carboxylic acids is 1. The first-order chi connectivity index (χ1) is 16.0. The molecule has 0 bridgehead atoms. The zero-order valence-electron chi connectivity index (χ0n) is 18.9. The summed E-state index contributed by atoms with van der Waals surface area (Å²) in [5.41, 5.74) is 4.62. The van der Waals surface area contributed by atoms with Crippen LogP contribution in [-0.4, -0.2) is 20.7 Å². The smallest absolute Gasteiger partial charge is 0.251 e. The van der Waals surface area contributed by atoms with Crippen LogP contribution in [0.1, 0.15) is 40.1 Å². The zero-order chi connectivity index (χ0) is 23.2. The van der Waals surface area contributed by atoms with Gasteiger partial charge >= 0.3 is 0 Å². The highest BCUT2D eigenvalue weighted by Crippen LogP contribution is 2.25. The minimum absolute atomic E-state index is 0.114. The molecule has 4 aromatic rings. The highest BCUT2D eigenvalue weighted by molar-refractivity contribution is 5.94. The fourth-order valence-corrected chi connectivity index (χ4v) is 3.38. The van der Waals surface area contributed by atoms with E-state index < -0.39 is 0 Å². The average molecular weight is 442 g/mol. The molecule has 0 aliphatic heterocycles. The van der Waals surface area contributed by atoms with Crippen molar-refractivity contribution in [2.45, 2.75) is 26.5 Å². The van der Waals surface area contributed by atoms with E-state index in [0.29, 0.717) is 23.7 Å². The summed E-state index contributed by atoms with van der Waals surface area (Å²) in [6, 6.07) is 19.3. The number of benzene rings is 2. The number of hydrogen-bond donors (Lipinski definition) is 2. The monoisotopic (exact) mass is 441 g/mol. The summed E-state index contributed by atoms with van der Waals surface area (Å²) in [6.45, 7) is 4.48. The molecule has 0 radical (unpaired) electrons. The molecular weight excluding hydrogens is 414 g/mol. The number of hydrogen-bond acceptors (Lipinski definition) is 5. The van der Waals surface area contributed by atoms with Gasteiger partial charge in [0.2, 0.25) is 0 Å². The van der Waals surface area contributed by atoms with Gasteiger partial charge in [-0.1, -0.05) is 42.0 Å². The van der Waals surface area contributed by atoms with E-state index in [-0.39, 0.29) is 12.0 Å². The number of aryl methyl sites for hydroxylation is 2. The van der Waals surface area contributed by atoms with Crippen molar-refractivity contribution in [3.05, 3.63) is 102 Å². The van der Waals surface area contributed by atoms with E-state index in [1.165, 1.54) is 5.56 Å². The molecule has 1 unspecified atom stereocenters. The minimum Gasteiger partial charge on any atom is -0.486 e. The molecule has 7 nitrogen and oxygen atoms in total. The van der Waals surface area contributed by atoms with Gasteiger partial charge in [0.05, 0.1) is 11.9 Å². The summed E-state index contributed by atoms with van der Waals surface area (Å²) >= 11 is 0. The predicted molar refractivity (Wildman–Crippen MR) is 129 cm³/mol. The summed E-state index contributed by atoms with van der Waals surface area (Å²) in [6.07, 6.45) is 5.04. The number of pyridine rings is 1. The molecule has 0 aliphatic rings. The Morgan fingerprint density at radius 1 is 1.12 bits per heavy atom. The van der Waals surface area contributed by atoms with E-state index in [1.54, 1.807) is 17.1 Å². The van der Waals surface area contributed by atoms with Gasteiger partial charge in [-0.15, -0.1) is 0 Å². The highest BCUT2D eigenvalue weighted by Gasteiger charge is 2.12. The molecule has 2 heterocycles. The number of nitrogens with zero attached hydrogens (tertiary/aromatic N) is 3. The molecule has 1 atom stereocenters. The Kier molecular flexibility index (Phi) is 6.69. The number of carbonyl (C=O) groups is 1. The lowest BCUT2D eigenvalue weighted by molar-refractivity contribution is 0.0950. The number of anilines is 2. The zero-order valence-corrected chi connectivity index (χ0v) is 18.9. The van der Waals surface area contributed by atoms with Crippen molar-refractivity contribution in [3.63, 3.8) is 0 Å². The second-order valence-corrected chi connectivity index (χ2v) is 7.96.